The minimum Gasteiger partial charge on any atom is -0.507 e. The molecule has 7 nitrogen and oxygen atoms in total. The number of carboxylic acids is 1. The minimum absolute atomic E-state index is 0.208. The van der Waals surface area contributed by atoms with Gasteiger partial charge in [0.1, 0.15) is 11.3 Å². The van der Waals surface area contributed by atoms with Crippen LogP contribution in [0.25, 0.3) is 0 Å². The summed E-state index contributed by atoms with van der Waals surface area (Å²) in [6.07, 6.45) is 0. The summed E-state index contributed by atoms with van der Waals surface area (Å²) in [5.41, 5.74) is -0.289. The highest BCUT2D eigenvalue weighted by Crippen LogP contribution is 2.25. The number of hydrogen-bond donors (Lipinski definition) is 4. The van der Waals surface area contributed by atoms with Crippen LogP contribution in [0.2, 0.25) is 0 Å². The lowest BCUT2D eigenvalue weighted by molar-refractivity contribution is 0.0693. The zero-order valence-electron chi connectivity index (χ0n) is 10.4. The Hall–Kier alpha value is -1.64. The monoisotopic (exact) mass is 289 g/mol. The number of sulfonamides is 1. The SMILES string of the molecule is Cc1cc(O)c(C(=O)O)cc1S(=O)(=O)N[C@@H](C)CO. The Bertz CT molecular complexity index is 595. The van der Waals surface area contributed by atoms with Gasteiger partial charge in [-0.25, -0.2) is 17.9 Å². The Kier molecular flexibility index (Phi) is 4.51. The van der Waals surface area contributed by atoms with Gasteiger partial charge in [0.05, 0.1) is 11.5 Å². The summed E-state index contributed by atoms with van der Waals surface area (Å²) in [4.78, 5) is 10.6. The normalized spacial score (nSPS) is 13.2. The van der Waals surface area contributed by atoms with Gasteiger partial charge in [-0.05, 0) is 31.5 Å². The van der Waals surface area contributed by atoms with Gasteiger partial charge in [-0.2, -0.15) is 0 Å². The van der Waals surface area contributed by atoms with Gasteiger partial charge in [-0.15, -0.1) is 0 Å². The molecule has 0 aliphatic carbocycles. The smallest absolute Gasteiger partial charge is 0.339 e. The summed E-state index contributed by atoms with van der Waals surface area (Å²) in [5.74, 6) is -1.93. The number of phenols is 1. The molecule has 0 aliphatic rings. The van der Waals surface area contributed by atoms with Crippen LogP contribution in [0.4, 0.5) is 0 Å². The van der Waals surface area contributed by atoms with Gasteiger partial charge in [0.2, 0.25) is 10.0 Å². The van der Waals surface area contributed by atoms with Crippen molar-refractivity contribution in [3.05, 3.63) is 23.3 Å². The second-order valence-electron chi connectivity index (χ2n) is 4.14. The number of hydrogen-bond acceptors (Lipinski definition) is 5. The Morgan fingerprint density at radius 2 is 2.00 bits per heavy atom. The molecule has 0 heterocycles. The van der Waals surface area contributed by atoms with E-state index in [-0.39, 0.29) is 17.1 Å². The molecule has 0 aromatic heterocycles. The molecule has 0 radical (unpaired) electrons. The van der Waals surface area contributed by atoms with Crippen molar-refractivity contribution >= 4 is 16.0 Å². The number of carboxylic acid groups (broad SMARTS) is 1. The topological polar surface area (TPSA) is 124 Å². The average molecular weight is 289 g/mol. The van der Waals surface area contributed by atoms with Crippen LogP contribution in [0.3, 0.4) is 0 Å². The second kappa shape index (κ2) is 5.55. The van der Waals surface area contributed by atoms with E-state index in [0.717, 1.165) is 12.1 Å². The lowest BCUT2D eigenvalue weighted by atomic mass is 10.1. The van der Waals surface area contributed by atoms with Crippen molar-refractivity contribution in [2.75, 3.05) is 6.61 Å². The Balaban J connectivity index is 3.34. The van der Waals surface area contributed by atoms with Crippen molar-refractivity contribution in [1.82, 2.24) is 4.72 Å². The highest BCUT2D eigenvalue weighted by Gasteiger charge is 2.23. The van der Waals surface area contributed by atoms with Crippen LogP contribution >= 0.6 is 0 Å². The van der Waals surface area contributed by atoms with E-state index in [4.69, 9.17) is 10.2 Å². The van der Waals surface area contributed by atoms with Gasteiger partial charge in [0.25, 0.3) is 0 Å². The first-order valence-electron chi connectivity index (χ1n) is 5.39. The van der Waals surface area contributed by atoms with Crippen molar-refractivity contribution in [1.29, 1.82) is 0 Å². The molecular formula is C11H15NO6S. The Labute approximate surface area is 110 Å². The van der Waals surface area contributed by atoms with E-state index in [1.807, 2.05) is 0 Å². The van der Waals surface area contributed by atoms with Crippen molar-refractivity contribution < 1.29 is 28.5 Å². The lowest BCUT2D eigenvalue weighted by Gasteiger charge is -2.14. The molecule has 1 aromatic carbocycles. The van der Waals surface area contributed by atoms with Gasteiger partial charge in [0, 0.05) is 6.04 Å². The number of aliphatic hydroxyl groups excluding tert-OH is 1. The highest BCUT2D eigenvalue weighted by molar-refractivity contribution is 7.89. The van der Waals surface area contributed by atoms with Gasteiger partial charge < -0.3 is 15.3 Å². The summed E-state index contributed by atoms with van der Waals surface area (Å²) in [6, 6.07) is 1.26. The van der Waals surface area contributed by atoms with Gasteiger partial charge in [-0.1, -0.05) is 0 Å². The molecule has 1 atom stereocenters. The number of aromatic hydroxyl groups is 1. The van der Waals surface area contributed by atoms with Gasteiger partial charge in [0.15, 0.2) is 0 Å². The summed E-state index contributed by atoms with van der Waals surface area (Å²) < 4.78 is 26.2. The minimum atomic E-state index is -3.96. The maximum absolute atomic E-state index is 12.0. The number of aliphatic hydroxyl groups is 1. The molecule has 0 bridgehead atoms. The zero-order valence-corrected chi connectivity index (χ0v) is 11.2. The third-order valence-corrected chi connectivity index (χ3v) is 4.17. The fourth-order valence-corrected chi connectivity index (χ4v) is 2.99. The molecule has 1 aromatic rings. The van der Waals surface area contributed by atoms with Crippen LogP contribution < -0.4 is 4.72 Å². The average Bonchev–Trinajstić information content (AvgIpc) is 2.27. The Morgan fingerprint density at radius 3 is 2.47 bits per heavy atom. The van der Waals surface area contributed by atoms with E-state index in [2.05, 4.69) is 4.72 Å². The van der Waals surface area contributed by atoms with Crippen molar-refractivity contribution in [2.24, 2.45) is 0 Å². The molecule has 1 rings (SSSR count). The second-order valence-corrected chi connectivity index (χ2v) is 5.83. The largest absolute Gasteiger partial charge is 0.507 e. The number of nitrogens with one attached hydrogen (secondary N) is 1. The first-order chi connectivity index (χ1) is 8.69. The van der Waals surface area contributed by atoms with Crippen molar-refractivity contribution in [3.63, 3.8) is 0 Å². The molecular weight excluding hydrogens is 274 g/mol. The van der Waals surface area contributed by atoms with Crippen LogP contribution in [-0.4, -0.2) is 42.4 Å². The fourth-order valence-electron chi connectivity index (χ4n) is 1.50. The molecule has 4 N–H and O–H groups in total. The molecule has 0 amide bonds. The third kappa shape index (κ3) is 3.43. The predicted molar refractivity (Wildman–Crippen MR) is 66.7 cm³/mol. The molecule has 0 saturated heterocycles. The molecule has 8 heteroatoms. The first-order valence-corrected chi connectivity index (χ1v) is 6.87. The van der Waals surface area contributed by atoms with E-state index in [9.17, 15) is 18.3 Å². The Morgan fingerprint density at radius 1 is 1.42 bits per heavy atom. The quantitative estimate of drug-likeness (QED) is 0.607. The van der Waals surface area contributed by atoms with Crippen LogP contribution in [-0.2, 0) is 10.0 Å². The van der Waals surface area contributed by atoms with E-state index in [1.165, 1.54) is 13.8 Å². The van der Waals surface area contributed by atoms with E-state index < -0.39 is 33.3 Å². The molecule has 106 valence electrons. The molecule has 0 spiro atoms. The first kappa shape index (κ1) is 15.4. The van der Waals surface area contributed by atoms with E-state index >= 15 is 0 Å². The molecule has 0 aliphatic heterocycles. The van der Waals surface area contributed by atoms with Crippen LogP contribution in [0.5, 0.6) is 5.75 Å². The molecule has 0 fully saturated rings. The standard InChI is InChI=1S/C11H15NO6S/c1-6-3-9(14)8(11(15)16)4-10(6)19(17,18)12-7(2)5-13/h3-4,7,12-14H,5H2,1-2H3,(H,15,16)/t7-/m0/s1. The summed E-state index contributed by atoms with van der Waals surface area (Å²) in [5, 5.41) is 27.1. The maximum Gasteiger partial charge on any atom is 0.339 e. The lowest BCUT2D eigenvalue weighted by Crippen LogP contribution is -2.35. The van der Waals surface area contributed by atoms with Crippen molar-refractivity contribution in [2.45, 2.75) is 24.8 Å². The van der Waals surface area contributed by atoms with E-state index in [0.29, 0.717) is 0 Å². The number of benzene rings is 1. The number of aryl methyl sites for hydroxylation is 1. The summed E-state index contributed by atoms with van der Waals surface area (Å²) >= 11 is 0. The number of aromatic carboxylic acids is 1. The maximum atomic E-state index is 12.0. The number of carbonyl (C=O) groups is 1. The van der Waals surface area contributed by atoms with Crippen LogP contribution in [0, 0.1) is 6.92 Å². The van der Waals surface area contributed by atoms with Gasteiger partial charge >= 0.3 is 5.97 Å². The molecule has 19 heavy (non-hydrogen) atoms. The fraction of sp³-hybridized carbons (Fsp3) is 0.364. The van der Waals surface area contributed by atoms with Crippen LogP contribution in [0.1, 0.15) is 22.8 Å². The van der Waals surface area contributed by atoms with E-state index in [1.54, 1.807) is 0 Å². The zero-order chi connectivity index (χ0) is 14.8. The van der Waals surface area contributed by atoms with Crippen molar-refractivity contribution in [3.8, 4) is 5.75 Å². The van der Waals surface area contributed by atoms with Gasteiger partial charge in [-0.3, -0.25) is 0 Å². The summed E-state index contributed by atoms with van der Waals surface area (Å²) in [6.45, 7) is 2.51. The van der Waals surface area contributed by atoms with Crippen LogP contribution in [0.15, 0.2) is 17.0 Å². The highest BCUT2D eigenvalue weighted by atomic mass is 32.2. The molecule has 0 saturated carbocycles. The predicted octanol–water partition coefficient (Wildman–Crippen LogP) is 0.0579. The number of rotatable bonds is 5. The molecule has 0 unspecified atom stereocenters. The summed E-state index contributed by atoms with van der Waals surface area (Å²) in [7, 11) is -3.96. The third-order valence-electron chi connectivity index (χ3n) is 2.44.